The van der Waals surface area contributed by atoms with Crippen molar-refractivity contribution < 1.29 is 28.7 Å². The van der Waals surface area contributed by atoms with Gasteiger partial charge in [-0.2, -0.15) is 0 Å². The molecule has 1 aliphatic rings. The van der Waals surface area contributed by atoms with Gasteiger partial charge < -0.3 is 14.2 Å². The standard InChI is InChI=1S/C19H13IN2O7/c1-10(23)28-17-13(20)7-11(9-16(17)27-2)8-14-19(24)29-18(21-14)12-5-3-4-6-15(12)22(25)26/h3-9H,1-2H3. The molecule has 1 aliphatic heterocycles. The average molecular weight is 508 g/mol. The molecule has 9 nitrogen and oxygen atoms in total. The molecule has 0 spiro atoms. The molecule has 29 heavy (non-hydrogen) atoms. The Morgan fingerprint density at radius 1 is 1.31 bits per heavy atom. The van der Waals surface area contributed by atoms with Gasteiger partial charge in [-0.3, -0.25) is 14.9 Å². The van der Waals surface area contributed by atoms with Gasteiger partial charge in [0.05, 0.1) is 15.6 Å². The molecule has 2 aromatic rings. The molecule has 10 heteroatoms. The van der Waals surface area contributed by atoms with E-state index in [0.29, 0.717) is 14.9 Å². The minimum atomic E-state index is -0.740. The molecule has 0 aromatic heterocycles. The van der Waals surface area contributed by atoms with Crippen molar-refractivity contribution >= 4 is 52.2 Å². The topological polar surface area (TPSA) is 117 Å². The highest BCUT2D eigenvalue weighted by atomic mass is 127. The van der Waals surface area contributed by atoms with E-state index >= 15 is 0 Å². The minimum Gasteiger partial charge on any atom is -0.493 e. The van der Waals surface area contributed by atoms with Crippen LogP contribution in [0.2, 0.25) is 0 Å². The van der Waals surface area contributed by atoms with Crippen LogP contribution in [0.25, 0.3) is 6.08 Å². The molecular weight excluding hydrogens is 495 g/mol. The molecule has 0 saturated carbocycles. The quantitative estimate of drug-likeness (QED) is 0.152. The summed E-state index contributed by atoms with van der Waals surface area (Å²) in [4.78, 5) is 38.2. The maximum atomic E-state index is 12.2. The zero-order valence-corrected chi connectivity index (χ0v) is 17.3. The second-order valence-corrected chi connectivity index (χ2v) is 6.90. The van der Waals surface area contributed by atoms with Crippen LogP contribution in [0.3, 0.4) is 0 Å². The van der Waals surface area contributed by atoms with Gasteiger partial charge in [0.2, 0.25) is 5.90 Å². The normalized spacial score (nSPS) is 14.4. The number of benzene rings is 2. The van der Waals surface area contributed by atoms with Crippen molar-refractivity contribution in [3.8, 4) is 11.5 Å². The Morgan fingerprint density at radius 2 is 2.03 bits per heavy atom. The number of aliphatic imine (C=N–C) groups is 1. The molecule has 0 fully saturated rings. The molecule has 0 unspecified atom stereocenters. The largest absolute Gasteiger partial charge is 0.493 e. The molecule has 2 aromatic carbocycles. The summed E-state index contributed by atoms with van der Waals surface area (Å²) >= 11 is 1.97. The third-order valence-electron chi connectivity index (χ3n) is 3.75. The molecule has 0 aliphatic carbocycles. The van der Waals surface area contributed by atoms with Gasteiger partial charge in [-0.15, -0.1) is 0 Å². The van der Waals surface area contributed by atoms with Crippen LogP contribution in [0.15, 0.2) is 47.1 Å². The lowest BCUT2D eigenvalue weighted by atomic mass is 10.1. The summed E-state index contributed by atoms with van der Waals surface area (Å²) in [6.07, 6.45) is 1.45. The molecule has 3 rings (SSSR count). The lowest BCUT2D eigenvalue weighted by Gasteiger charge is -2.11. The summed E-state index contributed by atoms with van der Waals surface area (Å²) in [6.45, 7) is 1.28. The number of nitrogens with zero attached hydrogens (tertiary/aromatic N) is 2. The number of rotatable bonds is 5. The number of cyclic esters (lactones) is 1. The Morgan fingerprint density at radius 3 is 2.69 bits per heavy atom. The van der Waals surface area contributed by atoms with Crippen LogP contribution in [-0.4, -0.2) is 29.9 Å². The SMILES string of the molecule is COc1cc(C=C2N=C(c3ccccc3[N+](=O)[O-])OC2=O)cc(I)c1OC(C)=O. The molecule has 0 bridgehead atoms. The number of hydrogen-bond donors (Lipinski definition) is 0. The van der Waals surface area contributed by atoms with E-state index < -0.39 is 16.9 Å². The van der Waals surface area contributed by atoms with Crippen LogP contribution in [0, 0.1) is 13.7 Å². The van der Waals surface area contributed by atoms with Gasteiger partial charge in [-0.25, -0.2) is 9.79 Å². The van der Waals surface area contributed by atoms with E-state index in [2.05, 4.69) is 4.99 Å². The van der Waals surface area contributed by atoms with Crippen molar-refractivity contribution in [1.29, 1.82) is 0 Å². The highest BCUT2D eigenvalue weighted by molar-refractivity contribution is 14.1. The lowest BCUT2D eigenvalue weighted by Crippen LogP contribution is -2.08. The van der Waals surface area contributed by atoms with Gasteiger partial charge in [-0.1, -0.05) is 12.1 Å². The highest BCUT2D eigenvalue weighted by Gasteiger charge is 2.29. The molecular formula is C19H13IN2O7. The van der Waals surface area contributed by atoms with Gasteiger partial charge in [0.25, 0.3) is 5.69 Å². The number of esters is 2. The maximum absolute atomic E-state index is 12.2. The fraction of sp³-hybridized carbons (Fsp3) is 0.105. The Kier molecular flexibility index (Phi) is 5.92. The van der Waals surface area contributed by atoms with Crippen LogP contribution in [-0.2, 0) is 14.3 Å². The minimum absolute atomic E-state index is 0.0313. The van der Waals surface area contributed by atoms with E-state index in [9.17, 15) is 19.7 Å². The zero-order valence-electron chi connectivity index (χ0n) is 15.2. The fourth-order valence-electron chi connectivity index (χ4n) is 2.56. The van der Waals surface area contributed by atoms with E-state index in [0.717, 1.165) is 0 Å². The van der Waals surface area contributed by atoms with E-state index in [1.807, 2.05) is 22.6 Å². The first-order valence-corrected chi connectivity index (χ1v) is 9.20. The summed E-state index contributed by atoms with van der Waals surface area (Å²) in [5.41, 5.74) is 0.395. The number of hydrogen-bond acceptors (Lipinski definition) is 8. The van der Waals surface area contributed by atoms with Crippen LogP contribution in [0.5, 0.6) is 11.5 Å². The first-order chi connectivity index (χ1) is 13.8. The number of nitro groups is 1. The third-order valence-corrected chi connectivity index (χ3v) is 4.55. The van der Waals surface area contributed by atoms with Crippen molar-refractivity contribution in [2.24, 2.45) is 4.99 Å². The lowest BCUT2D eigenvalue weighted by molar-refractivity contribution is -0.385. The summed E-state index contributed by atoms with van der Waals surface area (Å²) < 4.78 is 16.1. The van der Waals surface area contributed by atoms with Crippen LogP contribution in [0.4, 0.5) is 5.69 Å². The second kappa shape index (κ2) is 8.39. The maximum Gasteiger partial charge on any atom is 0.363 e. The molecule has 1 heterocycles. The number of carbonyl (C=O) groups is 2. The van der Waals surface area contributed by atoms with E-state index in [1.54, 1.807) is 18.2 Å². The molecule has 148 valence electrons. The predicted molar refractivity (Wildman–Crippen MR) is 111 cm³/mol. The Labute approximate surface area is 178 Å². The zero-order chi connectivity index (χ0) is 21.1. The molecule has 0 saturated heterocycles. The average Bonchev–Trinajstić information content (AvgIpc) is 3.03. The summed E-state index contributed by atoms with van der Waals surface area (Å²) in [7, 11) is 1.42. The van der Waals surface area contributed by atoms with Gasteiger partial charge in [0.1, 0.15) is 5.56 Å². The van der Waals surface area contributed by atoms with Gasteiger partial charge >= 0.3 is 11.9 Å². The Balaban J connectivity index is 2.01. The smallest absolute Gasteiger partial charge is 0.363 e. The number of ether oxygens (including phenoxy) is 3. The first-order valence-electron chi connectivity index (χ1n) is 8.12. The van der Waals surface area contributed by atoms with E-state index in [1.165, 1.54) is 38.3 Å². The first kappa shape index (κ1) is 20.5. The monoisotopic (exact) mass is 508 g/mol. The van der Waals surface area contributed by atoms with Crippen LogP contribution in [0.1, 0.15) is 18.1 Å². The van der Waals surface area contributed by atoms with E-state index in [4.69, 9.17) is 14.2 Å². The predicted octanol–water partition coefficient (Wildman–Crippen LogP) is 3.48. The summed E-state index contributed by atoms with van der Waals surface area (Å²) in [6, 6.07) is 9.08. The summed E-state index contributed by atoms with van der Waals surface area (Å²) in [5, 5.41) is 11.2. The van der Waals surface area contributed by atoms with Gasteiger partial charge in [0, 0.05) is 13.0 Å². The number of nitro benzene ring substituents is 1. The second-order valence-electron chi connectivity index (χ2n) is 5.74. The number of para-hydroxylation sites is 1. The number of carbonyl (C=O) groups excluding carboxylic acids is 2. The molecule has 0 N–H and O–H groups in total. The van der Waals surface area contributed by atoms with Crippen molar-refractivity contribution in [3.63, 3.8) is 0 Å². The van der Waals surface area contributed by atoms with E-state index in [-0.39, 0.29) is 28.6 Å². The molecule has 0 radical (unpaired) electrons. The number of halogens is 1. The molecule has 0 amide bonds. The number of methoxy groups -OCH3 is 1. The van der Waals surface area contributed by atoms with Crippen molar-refractivity contribution in [1.82, 2.24) is 0 Å². The summed E-state index contributed by atoms with van der Waals surface area (Å²) in [5.74, 6) is -0.817. The fourth-order valence-corrected chi connectivity index (χ4v) is 3.30. The van der Waals surface area contributed by atoms with Crippen molar-refractivity contribution in [2.45, 2.75) is 6.92 Å². The third kappa shape index (κ3) is 4.42. The van der Waals surface area contributed by atoms with Crippen LogP contribution < -0.4 is 9.47 Å². The van der Waals surface area contributed by atoms with Gasteiger partial charge in [-0.05, 0) is 52.4 Å². The Hall–Kier alpha value is -3.28. The van der Waals surface area contributed by atoms with Gasteiger partial charge in [0.15, 0.2) is 17.2 Å². The van der Waals surface area contributed by atoms with Crippen molar-refractivity contribution in [2.75, 3.05) is 7.11 Å². The molecule has 0 atom stereocenters. The van der Waals surface area contributed by atoms with Crippen molar-refractivity contribution in [3.05, 3.63) is 66.9 Å². The van der Waals surface area contributed by atoms with Crippen LogP contribution >= 0.6 is 22.6 Å². The Bertz CT molecular complexity index is 1090. The highest BCUT2D eigenvalue weighted by Crippen LogP contribution is 2.35.